The maximum atomic E-state index is 12.5. The Morgan fingerprint density at radius 1 is 1.43 bits per heavy atom. The number of benzene rings is 1. The zero-order valence-electron chi connectivity index (χ0n) is 15.5. The lowest BCUT2D eigenvalue weighted by atomic mass is 9.98. The highest BCUT2D eigenvalue weighted by Gasteiger charge is 2.38. The third kappa shape index (κ3) is 4.37. The Hall–Kier alpha value is -3.19. The van der Waals surface area contributed by atoms with Crippen molar-refractivity contribution >= 4 is 12.1 Å². The van der Waals surface area contributed by atoms with Crippen LogP contribution in [0.25, 0.3) is 0 Å². The molecule has 2 fully saturated rings. The van der Waals surface area contributed by atoms with Crippen molar-refractivity contribution < 1.29 is 19.3 Å². The van der Waals surface area contributed by atoms with E-state index in [4.69, 9.17) is 14.7 Å². The Kier molecular flexibility index (Phi) is 6.06. The van der Waals surface area contributed by atoms with Gasteiger partial charge in [0.25, 0.3) is 5.96 Å². The van der Waals surface area contributed by atoms with Gasteiger partial charge in [0.2, 0.25) is 0 Å². The fourth-order valence-corrected chi connectivity index (χ4v) is 3.32. The summed E-state index contributed by atoms with van der Waals surface area (Å²) in [7, 11) is 0. The average molecular weight is 387 g/mol. The summed E-state index contributed by atoms with van der Waals surface area (Å²) in [5.41, 5.74) is 0.979. The summed E-state index contributed by atoms with van der Waals surface area (Å²) in [4.78, 5) is 26.4. The highest BCUT2D eigenvalue weighted by Crippen LogP contribution is 2.23. The molecule has 1 aromatic rings. The van der Waals surface area contributed by atoms with Crippen LogP contribution in [-0.2, 0) is 16.1 Å². The molecule has 3 rings (SSSR count). The summed E-state index contributed by atoms with van der Waals surface area (Å²) in [6, 6.07) is 8.82. The third-order valence-electron chi connectivity index (χ3n) is 4.97. The molecular formula is C18H21N5O5. The molecule has 28 heavy (non-hydrogen) atoms. The van der Waals surface area contributed by atoms with E-state index in [0.29, 0.717) is 43.3 Å². The van der Waals surface area contributed by atoms with E-state index in [1.165, 1.54) is 0 Å². The minimum absolute atomic E-state index is 0.0253. The van der Waals surface area contributed by atoms with Gasteiger partial charge < -0.3 is 14.4 Å². The zero-order valence-corrected chi connectivity index (χ0v) is 15.5. The lowest BCUT2D eigenvalue weighted by Crippen LogP contribution is -2.41. The number of guanidine groups is 1. The lowest BCUT2D eigenvalue weighted by Gasteiger charge is -2.23. The number of amides is 1. The second-order valence-corrected chi connectivity index (χ2v) is 6.83. The molecule has 0 spiro atoms. The molecule has 0 saturated carbocycles. The SMILES string of the molecule is CC1COCC1CN1CCN(C(=O)OCc2ccccc2C#N)C1=N[N+](=O)[O-]. The van der Waals surface area contributed by atoms with E-state index in [2.05, 4.69) is 12.0 Å². The summed E-state index contributed by atoms with van der Waals surface area (Å²) < 4.78 is 10.7. The van der Waals surface area contributed by atoms with Crippen molar-refractivity contribution in [1.29, 1.82) is 5.26 Å². The van der Waals surface area contributed by atoms with Crippen LogP contribution in [0, 0.1) is 33.3 Å². The number of rotatable bonds is 5. The number of hydrazone groups is 1. The first-order valence-corrected chi connectivity index (χ1v) is 8.97. The molecule has 0 aromatic heterocycles. The van der Waals surface area contributed by atoms with Gasteiger partial charge in [0.15, 0.2) is 5.03 Å². The molecule has 10 heteroatoms. The summed E-state index contributed by atoms with van der Waals surface area (Å²) in [5.74, 6) is 0.526. The first-order valence-electron chi connectivity index (χ1n) is 8.97. The van der Waals surface area contributed by atoms with Crippen LogP contribution in [-0.4, -0.2) is 59.7 Å². The van der Waals surface area contributed by atoms with Crippen LogP contribution < -0.4 is 0 Å². The number of hydrogen-bond donors (Lipinski definition) is 0. The normalized spacial score (nSPS) is 23.1. The van der Waals surface area contributed by atoms with E-state index in [0.717, 1.165) is 4.90 Å². The van der Waals surface area contributed by atoms with Crippen molar-refractivity contribution in [3.05, 3.63) is 45.5 Å². The second-order valence-electron chi connectivity index (χ2n) is 6.83. The van der Waals surface area contributed by atoms with Gasteiger partial charge in [-0.25, -0.2) is 19.8 Å². The first-order chi connectivity index (χ1) is 13.5. The Labute approximate surface area is 162 Å². The van der Waals surface area contributed by atoms with Crippen LogP contribution in [0.15, 0.2) is 29.4 Å². The summed E-state index contributed by atoms with van der Waals surface area (Å²) in [6.45, 7) is 4.40. The van der Waals surface area contributed by atoms with Gasteiger partial charge in [-0.05, 0) is 12.0 Å². The average Bonchev–Trinajstić information content (AvgIpc) is 3.26. The number of carbonyl (C=O) groups excluding carboxylic acids is 1. The Morgan fingerprint density at radius 3 is 2.89 bits per heavy atom. The van der Waals surface area contributed by atoms with Gasteiger partial charge in [-0.15, -0.1) is 0 Å². The molecule has 0 aliphatic carbocycles. The minimum atomic E-state index is -0.812. The zero-order chi connectivity index (χ0) is 20.1. The van der Waals surface area contributed by atoms with E-state index in [1.807, 2.05) is 6.07 Å². The van der Waals surface area contributed by atoms with E-state index >= 15 is 0 Å². The van der Waals surface area contributed by atoms with Crippen molar-refractivity contribution in [3.63, 3.8) is 0 Å². The van der Waals surface area contributed by atoms with E-state index < -0.39 is 11.1 Å². The molecule has 0 N–H and O–H groups in total. The molecule has 2 aliphatic rings. The fourth-order valence-electron chi connectivity index (χ4n) is 3.32. The third-order valence-corrected chi connectivity index (χ3v) is 4.97. The maximum absolute atomic E-state index is 12.5. The standard InChI is InChI=1S/C18H21N5O5/c1-13-10-27-11-16(13)9-21-6-7-22(17(21)20-23(25)26)18(24)28-12-15-5-3-2-4-14(15)8-19/h2-5,13,16H,6-7,9-12H2,1H3. The predicted octanol–water partition coefficient (Wildman–Crippen LogP) is 1.64. The van der Waals surface area contributed by atoms with Gasteiger partial charge in [-0.1, -0.05) is 25.1 Å². The van der Waals surface area contributed by atoms with Gasteiger partial charge in [-0.2, -0.15) is 5.26 Å². The van der Waals surface area contributed by atoms with Crippen molar-refractivity contribution in [2.45, 2.75) is 13.5 Å². The largest absolute Gasteiger partial charge is 0.444 e. The second kappa shape index (κ2) is 8.67. The quantitative estimate of drug-likeness (QED) is 0.556. The van der Waals surface area contributed by atoms with Crippen LogP contribution >= 0.6 is 0 Å². The number of ether oxygens (including phenoxy) is 2. The highest BCUT2D eigenvalue weighted by atomic mass is 16.7. The van der Waals surface area contributed by atoms with Crippen LogP contribution in [0.2, 0.25) is 0 Å². The molecule has 148 valence electrons. The topological polar surface area (TPSA) is 121 Å². The Balaban J connectivity index is 1.68. The van der Waals surface area contributed by atoms with Crippen LogP contribution in [0.5, 0.6) is 0 Å². The maximum Gasteiger partial charge on any atom is 0.417 e. The van der Waals surface area contributed by atoms with Crippen LogP contribution in [0.1, 0.15) is 18.1 Å². The van der Waals surface area contributed by atoms with Crippen LogP contribution in [0.4, 0.5) is 4.79 Å². The summed E-state index contributed by atoms with van der Waals surface area (Å²) in [5, 5.41) is 22.7. The number of nitrogens with zero attached hydrogens (tertiary/aromatic N) is 5. The van der Waals surface area contributed by atoms with Gasteiger partial charge >= 0.3 is 6.09 Å². The molecular weight excluding hydrogens is 366 g/mol. The molecule has 10 nitrogen and oxygen atoms in total. The van der Waals surface area contributed by atoms with E-state index in [-0.39, 0.29) is 25.0 Å². The number of nitriles is 1. The highest BCUT2D eigenvalue weighted by molar-refractivity contribution is 5.95. The van der Waals surface area contributed by atoms with Gasteiger partial charge in [0.05, 0.1) is 24.8 Å². The van der Waals surface area contributed by atoms with Crippen molar-refractivity contribution in [1.82, 2.24) is 9.80 Å². The Bertz CT molecular complexity index is 821. The Morgan fingerprint density at radius 2 is 2.21 bits per heavy atom. The molecule has 2 saturated heterocycles. The fraction of sp³-hybridized carbons (Fsp3) is 0.500. The monoisotopic (exact) mass is 387 g/mol. The van der Waals surface area contributed by atoms with Crippen LogP contribution in [0.3, 0.4) is 0 Å². The van der Waals surface area contributed by atoms with Crippen molar-refractivity contribution in [3.8, 4) is 6.07 Å². The molecule has 2 atom stereocenters. The number of nitro groups is 1. The number of carbonyl (C=O) groups is 1. The minimum Gasteiger partial charge on any atom is -0.444 e. The lowest BCUT2D eigenvalue weighted by molar-refractivity contribution is -0.486. The van der Waals surface area contributed by atoms with Crippen molar-refractivity contribution in [2.75, 3.05) is 32.8 Å². The van der Waals surface area contributed by atoms with Gasteiger partial charge in [0, 0.05) is 31.2 Å². The summed E-state index contributed by atoms with van der Waals surface area (Å²) >= 11 is 0. The van der Waals surface area contributed by atoms with E-state index in [9.17, 15) is 14.9 Å². The molecule has 0 radical (unpaired) electrons. The predicted molar refractivity (Wildman–Crippen MR) is 97.5 cm³/mol. The first kappa shape index (κ1) is 19.6. The van der Waals surface area contributed by atoms with Crippen molar-refractivity contribution in [2.24, 2.45) is 16.9 Å². The molecule has 0 bridgehead atoms. The molecule has 1 aromatic carbocycles. The molecule has 2 aliphatic heterocycles. The van der Waals surface area contributed by atoms with Gasteiger partial charge in [0.1, 0.15) is 11.7 Å². The molecule has 2 unspecified atom stereocenters. The van der Waals surface area contributed by atoms with E-state index in [1.54, 1.807) is 29.2 Å². The summed E-state index contributed by atoms with van der Waals surface area (Å²) in [6.07, 6.45) is -0.730. The molecule has 1 amide bonds. The smallest absolute Gasteiger partial charge is 0.417 e. The number of hydrogen-bond acceptors (Lipinski definition) is 6. The van der Waals surface area contributed by atoms with Gasteiger partial charge in [-0.3, -0.25) is 0 Å². The molecule has 2 heterocycles.